The summed E-state index contributed by atoms with van der Waals surface area (Å²) in [7, 11) is 0. The lowest BCUT2D eigenvalue weighted by Gasteiger charge is -2.20. The fraction of sp³-hybridized carbons (Fsp3) is 0.588. The quantitative estimate of drug-likeness (QED) is 0.925. The number of amides is 2. The lowest BCUT2D eigenvalue weighted by atomic mass is 10.2. The molecule has 0 radical (unpaired) electrons. The number of ether oxygens (including phenoxy) is 1. The van der Waals surface area contributed by atoms with E-state index in [9.17, 15) is 4.79 Å². The summed E-state index contributed by atoms with van der Waals surface area (Å²) in [5.74, 6) is 0. The smallest absolute Gasteiger partial charge is 0.317 e. The van der Waals surface area contributed by atoms with Gasteiger partial charge in [-0.3, -0.25) is 0 Å². The monoisotopic (exact) mass is 288 g/mol. The zero-order chi connectivity index (χ0) is 14.5. The van der Waals surface area contributed by atoms with Crippen LogP contribution in [0.25, 0.3) is 0 Å². The molecule has 4 heteroatoms. The van der Waals surface area contributed by atoms with Gasteiger partial charge in [-0.2, -0.15) is 0 Å². The molecular formula is C17H24N2O2. The standard InChI is InChI=1S/C17H24N2O2/c20-17(18-15-8-4-5-9-15)19-11-10-16(12-19)21-13-14-6-2-1-3-7-14/h1-3,6-7,15-16H,4-5,8-13H2,(H,18,20)/t16-/m0/s1. The summed E-state index contributed by atoms with van der Waals surface area (Å²) in [5.41, 5.74) is 1.19. The molecule has 0 spiro atoms. The van der Waals surface area contributed by atoms with E-state index in [2.05, 4.69) is 17.4 Å². The first-order chi connectivity index (χ1) is 10.3. The summed E-state index contributed by atoms with van der Waals surface area (Å²) >= 11 is 0. The average Bonchev–Trinajstić information content (AvgIpc) is 3.17. The van der Waals surface area contributed by atoms with Crippen molar-refractivity contribution in [2.24, 2.45) is 0 Å². The van der Waals surface area contributed by atoms with E-state index in [1.54, 1.807) is 0 Å². The minimum Gasteiger partial charge on any atom is -0.372 e. The van der Waals surface area contributed by atoms with Gasteiger partial charge in [0.15, 0.2) is 0 Å². The number of hydrogen-bond acceptors (Lipinski definition) is 2. The number of nitrogens with zero attached hydrogens (tertiary/aromatic N) is 1. The third kappa shape index (κ3) is 3.97. The predicted molar refractivity (Wildman–Crippen MR) is 82.0 cm³/mol. The number of hydrogen-bond donors (Lipinski definition) is 1. The molecule has 1 aliphatic heterocycles. The van der Waals surface area contributed by atoms with Gasteiger partial charge in [0.1, 0.15) is 0 Å². The second-order valence-corrected chi connectivity index (χ2v) is 6.08. The van der Waals surface area contributed by atoms with Crippen LogP contribution in [-0.4, -0.2) is 36.2 Å². The van der Waals surface area contributed by atoms with Crippen LogP contribution in [0.15, 0.2) is 30.3 Å². The molecule has 0 aromatic heterocycles. The van der Waals surface area contributed by atoms with Crippen molar-refractivity contribution in [3.05, 3.63) is 35.9 Å². The first-order valence-electron chi connectivity index (χ1n) is 8.02. The molecule has 2 aliphatic rings. The van der Waals surface area contributed by atoms with E-state index in [1.165, 1.54) is 18.4 Å². The summed E-state index contributed by atoms with van der Waals surface area (Å²) < 4.78 is 5.92. The normalized spacial score (nSPS) is 22.7. The summed E-state index contributed by atoms with van der Waals surface area (Å²) in [6, 6.07) is 10.7. The van der Waals surface area contributed by atoms with Crippen LogP contribution in [0.4, 0.5) is 4.79 Å². The highest BCUT2D eigenvalue weighted by atomic mass is 16.5. The highest BCUT2D eigenvalue weighted by Crippen LogP contribution is 2.19. The van der Waals surface area contributed by atoms with E-state index in [1.807, 2.05) is 23.1 Å². The van der Waals surface area contributed by atoms with Crippen molar-refractivity contribution in [1.82, 2.24) is 10.2 Å². The molecule has 1 atom stereocenters. The largest absolute Gasteiger partial charge is 0.372 e. The molecule has 114 valence electrons. The molecule has 21 heavy (non-hydrogen) atoms. The van der Waals surface area contributed by atoms with Gasteiger partial charge < -0.3 is 15.0 Å². The van der Waals surface area contributed by atoms with Crippen LogP contribution in [0.5, 0.6) is 0 Å². The maximum Gasteiger partial charge on any atom is 0.317 e. The summed E-state index contributed by atoms with van der Waals surface area (Å²) in [4.78, 5) is 14.1. The Labute approximate surface area is 126 Å². The number of rotatable bonds is 4. The van der Waals surface area contributed by atoms with Gasteiger partial charge in [-0.1, -0.05) is 43.2 Å². The van der Waals surface area contributed by atoms with Crippen LogP contribution in [0, 0.1) is 0 Å². The molecule has 1 aliphatic carbocycles. The lowest BCUT2D eigenvalue weighted by Crippen LogP contribution is -2.43. The number of nitrogens with one attached hydrogen (secondary N) is 1. The van der Waals surface area contributed by atoms with Crippen LogP contribution in [0.1, 0.15) is 37.7 Å². The van der Waals surface area contributed by atoms with Crippen molar-refractivity contribution < 1.29 is 9.53 Å². The highest BCUT2D eigenvalue weighted by Gasteiger charge is 2.28. The van der Waals surface area contributed by atoms with Crippen LogP contribution < -0.4 is 5.32 Å². The third-order valence-electron chi connectivity index (χ3n) is 4.44. The molecule has 3 rings (SSSR count). The van der Waals surface area contributed by atoms with Gasteiger partial charge in [0, 0.05) is 19.1 Å². The highest BCUT2D eigenvalue weighted by molar-refractivity contribution is 5.74. The van der Waals surface area contributed by atoms with Gasteiger partial charge in [0.2, 0.25) is 0 Å². The number of carbonyl (C=O) groups is 1. The molecule has 1 N–H and O–H groups in total. The molecule has 0 bridgehead atoms. The summed E-state index contributed by atoms with van der Waals surface area (Å²) in [6.07, 6.45) is 5.85. The Morgan fingerprint density at radius 3 is 2.71 bits per heavy atom. The first kappa shape index (κ1) is 14.4. The molecule has 1 saturated heterocycles. The molecule has 2 amide bonds. The molecule has 0 unspecified atom stereocenters. The average molecular weight is 288 g/mol. The summed E-state index contributed by atoms with van der Waals surface area (Å²) in [5, 5.41) is 3.15. The van der Waals surface area contributed by atoms with Crippen molar-refractivity contribution in [2.45, 2.75) is 50.9 Å². The molecule has 1 heterocycles. The van der Waals surface area contributed by atoms with Crippen molar-refractivity contribution in [3.8, 4) is 0 Å². The Balaban J connectivity index is 1.41. The molecule has 1 aromatic carbocycles. The second kappa shape index (κ2) is 6.94. The first-order valence-corrected chi connectivity index (χ1v) is 8.02. The summed E-state index contributed by atoms with van der Waals surface area (Å²) in [6.45, 7) is 2.15. The molecule has 1 saturated carbocycles. The molecule has 2 fully saturated rings. The fourth-order valence-corrected chi connectivity index (χ4v) is 3.17. The van der Waals surface area contributed by atoms with Crippen molar-refractivity contribution >= 4 is 6.03 Å². The van der Waals surface area contributed by atoms with E-state index < -0.39 is 0 Å². The minimum atomic E-state index is 0.0905. The predicted octanol–water partition coefficient (Wildman–Crippen LogP) is 2.93. The zero-order valence-corrected chi connectivity index (χ0v) is 12.5. The Hall–Kier alpha value is -1.55. The van der Waals surface area contributed by atoms with Gasteiger partial charge in [-0.15, -0.1) is 0 Å². The topological polar surface area (TPSA) is 41.6 Å². The Morgan fingerprint density at radius 1 is 1.19 bits per heavy atom. The van der Waals surface area contributed by atoms with E-state index in [-0.39, 0.29) is 12.1 Å². The number of benzene rings is 1. The minimum absolute atomic E-state index is 0.0905. The Kier molecular flexibility index (Phi) is 4.76. The van der Waals surface area contributed by atoms with E-state index in [4.69, 9.17) is 4.74 Å². The third-order valence-corrected chi connectivity index (χ3v) is 4.44. The number of urea groups is 1. The van der Waals surface area contributed by atoms with E-state index in [0.717, 1.165) is 25.8 Å². The van der Waals surface area contributed by atoms with Crippen molar-refractivity contribution in [3.63, 3.8) is 0 Å². The maximum absolute atomic E-state index is 12.2. The van der Waals surface area contributed by atoms with E-state index in [0.29, 0.717) is 19.2 Å². The van der Waals surface area contributed by atoms with Crippen molar-refractivity contribution in [1.29, 1.82) is 0 Å². The van der Waals surface area contributed by atoms with Crippen LogP contribution in [-0.2, 0) is 11.3 Å². The number of carbonyl (C=O) groups excluding carboxylic acids is 1. The SMILES string of the molecule is O=C(NC1CCCC1)N1CC[C@H](OCc2ccccc2)C1. The van der Waals surface area contributed by atoms with Gasteiger partial charge >= 0.3 is 6.03 Å². The molecule has 4 nitrogen and oxygen atoms in total. The zero-order valence-electron chi connectivity index (χ0n) is 12.5. The second-order valence-electron chi connectivity index (χ2n) is 6.08. The van der Waals surface area contributed by atoms with Gasteiger partial charge in [0.05, 0.1) is 12.7 Å². The van der Waals surface area contributed by atoms with Gasteiger partial charge in [-0.25, -0.2) is 4.79 Å². The molecular weight excluding hydrogens is 264 g/mol. The van der Waals surface area contributed by atoms with Crippen LogP contribution in [0.3, 0.4) is 0 Å². The maximum atomic E-state index is 12.2. The van der Waals surface area contributed by atoms with Crippen LogP contribution >= 0.6 is 0 Å². The van der Waals surface area contributed by atoms with E-state index >= 15 is 0 Å². The molecule has 1 aromatic rings. The Morgan fingerprint density at radius 2 is 1.95 bits per heavy atom. The number of likely N-dealkylation sites (tertiary alicyclic amines) is 1. The van der Waals surface area contributed by atoms with Crippen molar-refractivity contribution in [2.75, 3.05) is 13.1 Å². The van der Waals surface area contributed by atoms with Gasteiger partial charge in [0.25, 0.3) is 0 Å². The lowest BCUT2D eigenvalue weighted by molar-refractivity contribution is 0.0486. The van der Waals surface area contributed by atoms with Crippen LogP contribution in [0.2, 0.25) is 0 Å². The fourth-order valence-electron chi connectivity index (χ4n) is 3.17. The van der Waals surface area contributed by atoms with Gasteiger partial charge in [-0.05, 0) is 24.8 Å². The Bertz CT molecular complexity index is 457.